The van der Waals surface area contributed by atoms with E-state index in [2.05, 4.69) is 42.6 Å². The monoisotopic (exact) mass is 466 g/mol. The summed E-state index contributed by atoms with van der Waals surface area (Å²) in [4.78, 5) is 31.7. The molecule has 1 unspecified atom stereocenters. The van der Waals surface area contributed by atoms with E-state index in [4.69, 9.17) is 11.6 Å². The molecule has 1 aliphatic heterocycles. The van der Waals surface area contributed by atoms with Gasteiger partial charge >= 0.3 is 0 Å². The molecule has 0 radical (unpaired) electrons. The molecule has 1 aromatic heterocycles. The fourth-order valence-electron chi connectivity index (χ4n) is 4.21. The Bertz CT molecular complexity index is 1120. The van der Waals surface area contributed by atoms with Gasteiger partial charge in [-0.05, 0) is 68.0 Å². The molecule has 2 aromatic carbocycles. The van der Waals surface area contributed by atoms with Crippen molar-refractivity contribution >= 4 is 34.8 Å². The Morgan fingerprint density at radius 3 is 2.59 bits per heavy atom. The summed E-state index contributed by atoms with van der Waals surface area (Å²) in [5.74, 6) is -0.229. The van der Waals surface area contributed by atoms with Crippen LogP contribution in [0.15, 0.2) is 60.0 Å². The predicted molar refractivity (Wildman–Crippen MR) is 130 cm³/mol. The summed E-state index contributed by atoms with van der Waals surface area (Å²) in [5.41, 5.74) is 3.97. The molecule has 0 bridgehead atoms. The van der Waals surface area contributed by atoms with Crippen LogP contribution >= 0.6 is 22.9 Å². The summed E-state index contributed by atoms with van der Waals surface area (Å²) < 4.78 is 0. The Morgan fingerprint density at radius 1 is 1.16 bits per heavy atom. The van der Waals surface area contributed by atoms with Crippen molar-refractivity contribution in [3.63, 3.8) is 0 Å². The van der Waals surface area contributed by atoms with Crippen LogP contribution in [-0.4, -0.2) is 40.7 Å². The van der Waals surface area contributed by atoms with Gasteiger partial charge in [0.1, 0.15) is 6.54 Å². The highest BCUT2D eigenvalue weighted by Crippen LogP contribution is 2.38. The Hall–Kier alpha value is -2.63. The van der Waals surface area contributed by atoms with E-state index in [0.29, 0.717) is 17.1 Å². The SMILES string of the molecule is Cc1ccc(C2c3ccsc3CCN2C(=O)CN(C(=O)c2cccc(Cl)c2)C(C)C)cc1. The smallest absolute Gasteiger partial charge is 0.254 e. The third kappa shape index (κ3) is 4.59. The van der Waals surface area contributed by atoms with Crippen LogP contribution in [0.5, 0.6) is 0 Å². The second kappa shape index (κ2) is 9.47. The molecule has 166 valence electrons. The molecule has 3 aromatic rings. The van der Waals surface area contributed by atoms with Gasteiger partial charge in [0.05, 0.1) is 6.04 Å². The van der Waals surface area contributed by atoms with Gasteiger partial charge in [-0.2, -0.15) is 0 Å². The van der Waals surface area contributed by atoms with E-state index >= 15 is 0 Å². The lowest BCUT2D eigenvalue weighted by molar-refractivity contribution is -0.134. The zero-order chi connectivity index (χ0) is 22.8. The Labute approximate surface area is 198 Å². The first-order valence-electron chi connectivity index (χ1n) is 10.8. The van der Waals surface area contributed by atoms with Crippen molar-refractivity contribution in [1.82, 2.24) is 9.80 Å². The number of carbonyl (C=O) groups excluding carboxylic acids is 2. The minimum absolute atomic E-state index is 0.0326. The summed E-state index contributed by atoms with van der Waals surface area (Å²) in [7, 11) is 0. The fraction of sp³-hybridized carbons (Fsp3) is 0.308. The van der Waals surface area contributed by atoms with Crippen molar-refractivity contribution in [3.05, 3.63) is 92.1 Å². The average Bonchev–Trinajstić information content (AvgIpc) is 3.25. The van der Waals surface area contributed by atoms with E-state index in [1.807, 2.05) is 18.7 Å². The van der Waals surface area contributed by atoms with Gasteiger partial charge in [-0.15, -0.1) is 11.3 Å². The maximum Gasteiger partial charge on any atom is 0.254 e. The van der Waals surface area contributed by atoms with Gasteiger partial charge in [-0.1, -0.05) is 47.5 Å². The lowest BCUT2D eigenvalue weighted by Gasteiger charge is -2.38. The number of nitrogens with zero attached hydrogens (tertiary/aromatic N) is 2. The minimum Gasteiger partial charge on any atom is -0.330 e. The molecular weight excluding hydrogens is 440 g/mol. The molecule has 0 saturated carbocycles. The highest BCUT2D eigenvalue weighted by atomic mass is 35.5. The van der Waals surface area contributed by atoms with Gasteiger partial charge < -0.3 is 9.80 Å². The van der Waals surface area contributed by atoms with Crippen molar-refractivity contribution in [2.75, 3.05) is 13.1 Å². The lowest BCUT2D eigenvalue weighted by atomic mass is 9.92. The Balaban J connectivity index is 1.62. The maximum absolute atomic E-state index is 13.6. The second-order valence-electron chi connectivity index (χ2n) is 8.49. The number of fused-ring (bicyclic) bond motifs is 1. The zero-order valence-corrected chi connectivity index (χ0v) is 20.1. The third-order valence-electron chi connectivity index (χ3n) is 5.94. The average molecular weight is 467 g/mol. The van der Waals surface area contributed by atoms with E-state index in [1.54, 1.807) is 40.5 Å². The normalized spacial score (nSPS) is 15.5. The fourth-order valence-corrected chi connectivity index (χ4v) is 5.30. The molecule has 32 heavy (non-hydrogen) atoms. The first kappa shape index (κ1) is 22.6. The molecule has 0 aliphatic carbocycles. The van der Waals surface area contributed by atoms with Gasteiger partial charge in [0.15, 0.2) is 0 Å². The van der Waals surface area contributed by atoms with Gasteiger partial charge in [-0.3, -0.25) is 9.59 Å². The molecule has 0 N–H and O–H groups in total. The number of carbonyl (C=O) groups is 2. The lowest BCUT2D eigenvalue weighted by Crippen LogP contribution is -2.48. The third-order valence-corrected chi connectivity index (χ3v) is 7.17. The number of hydrogen-bond donors (Lipinski definition) is 0. The molecule has 1 atom stereocenters. The van der Waals surface area contributed by atoms with Crippen molar-refractivity contribution in [2.24, 2.45) is 0 Å². The molecule has 0 spiro atoms. The quantitative estimate of drug-likeness (QED) is 0.481. The molecule has 0 fully saturated rings. The van der Waals surface area contributed by atoms with Crippen LogP contribution in [0, 0.1) is 6.92 Å². The summed E-state index contributed by atoms with van der Waals surface area (Å²) in [6, 6.07) is 17.1. The molecule has 1 aliphatic rings. The first-order valence-corrected chi connectivity index (χ1v) is 12.1. The minimum atomic E-state index is -0.184. The summed E-state index contributed by atoms with van der Waals surface area (Å²) in [6.45, 7) is 6.60. The van der Waals surface area contributed by atoms with Gasteiger partial charge in [-0.25, -0.2) is 0 Å². The molecule has 4 nitrogen and oxygen atoms in total. The Kier molecular flexibility index (Phi) is 6.68. The molecule has 6 heteroatoms. The van der Waals surface area contributed by atoms with E-state index in [9.17, 15) is 9.59 Å². The number of hydrogen-bond acceptors (Lipinski definition) is 3. The molecule has 0 saturated heterocycles. The second-order valence-corrected chi connectivity index (χ2v) is 9.92. The molecule has 2 heterocycles. The van der Waals surface area contributed by atoms with Crippen LogP contribution in [-0.2, 0) is 11.2 Å². The van der Waals surface area contributed by atoms with Crippen molar-refractivity contribution in [1.29, 1.82) is 0 Å². The van der Waals surface area contributed by atoms with Crippen molar-refractivity contribution in [2.45, 2.75) is 39.3 Å². The predicted octanol–water partition coefficient (Wildman–Crippen LogP) is 5.73. The standard InChI is InChI=1S/C26H27ClN2O2S/c1-17(2)29(26(31)20-5-4-6-21(27)15-20)16-24(30)28-13-11-23-22(12-14-32-23)25(28)19-9-7-18(3)8-10-19/h4-10,12,14-15,17,25H,11,13,16H2,1-3H3. The van der Waals surface area contributed by atoms with Gasteiger partial charge in [0.25, 0.3) is 5.91 Å². The first-order chi connectivity index (χ1) is 15.3. The summed E-state index contributed by atoms with van der Waals surface area (Å²) in [6.07, 6.45) is 0.838. The van der Waals surface area contributed by atoms with Crippen LogP contribution in [0.4, 0.5) is 0 Å². The van der Waals surface area contributed by atoms with E-state index < -0.39 is 0 Å². The number of benzene rings is 2. The zero-order valence-electron chi connectivity index (χ0n) is 18.5. The van der Waals surface area contributed by atoms with Crippen molar-refractivity contribution < 1.29 is 9.59 Å². The number of amides is 2. The molecular formula is C26H27ClN2O2S. The van der Waals surface area contributed by atoms with E-state index in [0.717, 1.165) is 12.0 Å². The van der Waals surface area contributed by atoms with Crippen LogP contribution < -0.4 is 0 Å². The number of halogens is 1. The highest BCUT2D eigenvalue weighted by molar-refractivity contribution is 7.10. The summed E-state index contributed by atoms with van der Waals surface area (Å²) >= 11 is 7.84. The molecule has 4 rings (SSSR count). The highest BCUT2D eigenvalue weighted by Gasteiger charge is 2.34. The maximum atomic E-state index is 13.6. The van der Waals surface area contributed by atoms with Crippen LogP contribution in [0.2, 0.25) is 5.02 Å². The largest absolute Gasteiger partial charge is 0.330 e. The van der Waals surface area contributed by atoms with Crippen LogP contribution in [0.25, 0.3) is 0 Å². The van der Waals surface area contributed by atoms with Crippen LogP contribution in [0.3, 0.4) is 0 Å². The van der Waals surface area contributed by atoms with Gasteiger partial charge in [0, 0.05) is 28.0 Å². The number of thiophene rings is 1. The van der Waals surface area contributed by atoms with Gasteiger partial charge in [0.2, 0.25) is 5.91 Å². The summed E-state index contributed by atoms with van der Waals surface area (Å²) in [5, 5.41) is 2.61. The number of aryl methyl sites for hydroxylation is 1. The number of rotatable bonds is 5. The van der Waals surface area contributed by atoms with E-state index in [1.165, 1.54) is 16.0 Å². The Morgan fingerprint density at radius 2 is 1.91 bits per heavy atom. The topological polar surface area (TPSA) is 40.6 Å². The van der Waals surface area contributed by atoms with E-state index in [-0.39, 0.29) is 30.4 Å². The molecule has 2 amide bonds. The van der Waals surface area contributed by atoms with Crippen molar-refractivity contribution in [3.8, 4) is 0 Å². The van der Waals surface area contributed by atoms with Crippen LogP contribution in [0.1, 0.15) is 51.8 Å².